The molecule has 0 spiro atoms. The summed E-state index contributed by atoms with van der Waals surface area (Å²) in [5.74, 6) is 2.92. The third-order valence-corrected chi connectivity index (χ3v) is 12.5. The van der Waals surface area contributed by atoms with Crippen LogP contribution in [0.15, 0.2) is 24.3 Å². The van der Waals surface area contributed by atoms with Gasteiger partial charge in [-0.1, -0.05) is 12.0 Å². The van der Waals surface area contributed by atoms with Gasteiger partial charge in [0.1, 0.15) is 30.2 Å². The Labute approximate surface area is 257 Å². The van der Waals surface area contributed by atoms with E-state index in [9.17, 15) is 18.1 Å². The molecule has 5 aliphatic rings. The zero-order valence-electron chi connectivity index (χ0n) is 24.5. The SMILES string of the molecule is C#Cc1c(F)ccc2cc(O)cc(N3CCc4c(nc(OC[C@@]56CCCN5C[C@H](F)C6)nc4N4CC5CCC(C4)S5=O)C3)c12. The number of hydrogen-bond acceptors (Lipinski definition) is 8. The van der Waals surface area contributed by atoms with Crippen molar-refractivity contribution in [3.05, 3.63) is 46.9 Å². The fourth-order valence-corrected chi connectivity index (χ4v) is 10.2. The van der Waals surface area contributed by atoms with Crippen LogP contribution in [0.1, 0.15) is 48.9 Å². The second-order valence-corrected chi connectivity index (χ2v) is 15.0. The summed E-state index contributed by atoms with van der Waals surface area (Å²) in [6.45, 7) is 3.98. The molecular formula is C33H35F2N5O3S. The smallest absolute Gasteiger partial charge is 0.318 e. The molecule has 230 valence electrons. The topological polar surface area (TPSA) is 82.0 Å². The van der Waals surface area contributed by atoms with Crippen molar-refractivity contribution in [2.75, 3.05) is 49.1 Å². The number of benzene rings is 2. The van der Waals surface area contributed by atoms with Gasteiger partial charge in [0.15, 0.2) is 0 Å². The number of phenols is 1. The molecule has 0 aliphatic carbocycles. The lowest BCUT2D eigenvalue weighted by molar-refractivity contribution is 0.107. The zero-order valence-corrected chi connectivity index (χ0v) is 25.3. The van der Waals surface area contributed by atoms with E-state index in [1.165, 1.54) is 6.07 Å². The van der Waals surface area contributed by atoms with E-state index in [0.29, 0.717) is 68.6 Å². The van der Waals surface area contributed by atoms with Crippen molar-refractivity contribution in [3.8, 4) is 24.1 Å². The number of alkyl halides is 1. The number of halogens is 2. The van der Waals surface area contributed by atoms with Crippen molar-refractivity contribution < 1.29 is 22.8 Å². The van der Waals surface area contributed by atoms with Crippen LogP contribution in [0.25, 0.3) is 10.8 Å². The molecule has 1 aromatic heterocycles. The summed E-state index contributed by atoms with van der Waals surface area (Å²) in [7, 11) is -0.820. The summed E-state index contributed by atoms with van der Waals surface area (Å²) in [5.41, 5.74) is 2.30. The van der Waals surface area contributed by atoms with Gasteiger partial charge in [-0.05, 0) is 56.2 Å². The first-order valence-electron chi connectivity index (χ1n) is 15.5. The molecule has 8 nitrogen and oxygen atoms in total. The largest absolute Gasteiger partial charge is 0.508 e. The van der Waals surface area contributed by atoms with Gasteiger partial charge < -0.3 is 19.6 Å². The van der Waals surface area contributed by atoms with E-state index in [1.54, 1.807) is 18.2 Å². The van der Waals surface area contributed by atoms with Gasteiger partial charge in [0.2, 0.25) is 0 Å². The highest BCUT2D eigenvalue weighted by atomic mass is 32.2. The van der Waals surface area contributed by atoms with E-state index in [-0.39, 0.29) is 33.4 Å². The van der Waals surface area contributed by atoms with Gasteiger partial charge in [-0.15, -0.1) is 6.42 Å². The normalized spacial score (nSPS) is 29.6. The Balaban J connectivity index is 1.17. The summed E-state index contributed by atoms with van der Waals surface area (Å²) >= 11 is 0. The minimum atomic E-state index is -0.855. The van der Waals surface area contributed by atoms with Gasteiger partial charge in [0.05, 0.1) is 33.8 Å². The maximum absolute atomic E-state index is 14.8. The predicted octanol–water partition coefficient (Wildman–Crippen LogP) is 4.07. The average molecular weight is 620 g/mol. The molecule has 4 saturated heterocycles. The van der Waals surface area contributed by atoms with Gasteiger partial charge in [-0.25, -0.2) is 8.78 Å². The molecule has 6 heterocycles. The van der Waals surface area contributed by atoms with E-state index in [1.807, 2.05) is 0 Å². The number of terminal acetylenes is 1. The number of fused-ring (bicyclic) bond motifs is 5. The van der Waals surface area contributed by atoms with Crippen molar-refractivity contribution in [1.29, 1.82) is 0 Å². The molecule has 0 radical (unpaired) electrons. The second kappa shape index (κ2) is 10.6. The molecule has 2 unspecified atom stereocenters. The molecule has 0 saturated carbocycles. The highest BCUT2D eigenvalue weighted by Gasteiger charge is 2.49. The van der Waals surface area contributed by atoms with Crippen molar-refractivity contribution in [2.24, 2.45) is 0 Å². The van der Waals surface area contributed by atoms with Crippen molar-refractivity contribution in [2.45, 2.75) is 67.3 Å². The molecule has 4 fully saturated rings. The predicted molar refractivity (Wildman–Crippen MR) is 166 cm³/mol. The van der Waals surface area contributed by atoms with Crippen LogP contribution in [0.5, 0.6) is 11.8 Å². The lowest BCUT2D eigenvalue weighted by Gasteiger charge is -2.37. The summed E-state index contributed by atoms with van der Waals surface area (Å²) < 4.78 is 48.5. The van der Waals surface area contributed by atoms with Crippen LogP contribution in [0, 0.1) is 18.2 Å². The number of aromatic hydroxyl groups is 1. The van der Waals surface area contributed by atoms with Crippen LogP contribution in [0.3, 0.4) is 0 Å². The average Bonchev–Trinajstić information content (AvgIpc) is 3.59. The molecule has 4 atom stereocenters. The molecule has 3 aromatic rings. The highest BCUT2D eigenvalue weighted by molar-refractivity contribution is 7.86. The molecule has 2 aromatic carbocycles. The van der Waals surface area contributed by atoms with Gasteiger partial charge >= 0.3 is 6.01 Å². The monoisotopic (exact) mass is 619 g/mol. The minimum Gasteiger partial charge on any atom is -0.508 e. The third kappa shape index (κ3) is 4.52. The highest BCUT2D eigenvalue weighted by Crippen LogP contribution is 2.42. The number of ether oxygens (including phenoxy) is 1. The van der Waals surface area contributed by atoms with Crippen molar-refractivity contribution in [1.82, 2.24) is 14.9 Å². The first-order valence-corrected chi connectivity index (χ1v) is 16.8. The van der Waals surface area contributed by atoms with E-state index < -0.39 is 22.8 Å². The minimum absolute atomic E-state index is 0.0696. The molecule has 2 bridgehead atoms. The van der Waals surface area contributed by atoms with Crippen molar-refractivity contribution >= 4 is 33.1 Å². The molecule has 5 aliphatic heterocycles. The fraction of sp³-hybridized carbons (Fsp3) is 0.515. The van der Waals surface area contributed by atoms with Crippen LogP contribution in [-0.4, -0.2) is 85.7 Å². The number of nitrogens with zero attached hydrogens (tertiary/aromatic N) is 5. The number of rotatable bonds is 5. The third-order valence-electron chi connectivity index (χ3n) is 10.4. The van der Waals surface area contributed by atoms with Crippen LogP contribution < -0.4 is 14.5 Å². The van der Waals surface area contributed by atoms with Gasteiger partial charge in [0.25, 0.3) is 0 Å². The van der Waals surface area contributed by atoms with Crippen LogP contribution >= 0.6 is 0 Å². The van der Waals surface area contributed by atoms with Crippen LogP contribution in [-0.2, 0) is 23.8 Å². The standard InChI is InChI=1S/C33H35F2N5O3S/c1-2-25-27(35)7-4-20-12-22(41)13-29(30(20)25)38-11-8-26-28(18-38)36-32(43-19-33-9-3-10-40(33)15-21(34)14-33)37-31(26)39-16-23-5-6-24(17-39)44(23)42/h1,4,7,12-13,21,23-24,41H,3,5-6,8-11,14-19H2/t21-,23?,24?,33+,44?/m1/s1. The maximum atomic E-state index is 14.8. The van der Waals surface area contributed by atoms with Gasteiger partial charge in [0, 0.05) is 66.1 Å². The summed E-state index contributed by atoms with van der Waals surface area (Å²) in [6, 6.07) is 6.44. The Morgan fingerprint density at radius 2 is 1.95 bits per heavy atom. The first kappa shape index (κ1) is 28.0. The number of anilines is 2. The second-order valence-electron chi connectivity index (χ2n) is 13.0. The van der Waals surface area contributed by atoms with E-state index in [2.05, 4.69) is 20.6 Å². The Morgan fingerprint density at radius 3 is 2.75 bits per heavy atom. The molecule has 44 heavy (non-hydrogen) atoms. The van der Waals surface area contributed by atoms with Crippen LogP contribution in [0.2, 0.25) is 0 Å². The number of phenolic OH excluding ortho intramolecular Hbond substituents is 1. The molecule has 11 heteroatoms. The van der Waals surface area contributed by atoms with E-state index >= 15 is 0 Å². The Morgan fingerprint density at radius 1 is 1.14 bits per heavy atom. The summed E-state index contributed by atoms with van der Waals surface area (Å²) in [4.78, 5) is 16.4. The molecular weight excluding hydrogens is 584 g/mol. The summed E-state index contributed by atoms with van der Waals surface area (Å²) in [6.07, 6.45) is 9.81. The Bertz CT molecular complexity index is 1720. The maximum Gasteiger partial charge on any atom is 0.318 e. The number of hydrogen-bond donors (Lipinski definition) is 1. The zero-order chi connectivity index (χ0) is 30.2. The first-order chi connectivity index (χ1) is 21.3. The Hall–Kier alpha value is -3.49. The quantitative estimate of drug-likeness (QED) is 0.429. The van der Waals surface area contributed by atoms with Crippen LogP contribution in [0.4, 0.5) is 20.3 Å². The molecule has 1 N–H and O–H groups in total. The lowest BCUT2D eigenvalue weighted by atomic mass is 9.95. The number of aromatic nitrogens is 2. The van der Waals surface area contributed by atoms with Crippen molar-refractivity contribution in [3.63, 3.8) is 0 Å². The van der Waals surface area contributed by atoms with Gasteiger partial charge in [-0.3, -0.25) is 9.11 Å². The van der Waals surface area contributed by atoms with Gasteiger partial charge in [-0.2, -0.15) is 9.97 Å². The van der Waals surface area contributed by atoms with E-state index in [0.717, 1.165) is 49.3 Å². The molecule has 0 amide bonds. The van der Waals surface area contributed by atoms with E-state index in [4.69, 9.17) is 21.1 Å². The lowest BCUT2D eigenvalue weighted by Crippen LogP contribution is -2.46. The fourth-order valence-electron chi connectivity index (χ4n) is 8.31. The summed E-state index contributed by atoms with van der Waals surface area (Å²) in [5, 5.41) is 12.1. The Kier molecular flexibility index (Phi) is 6.72. The molecule has 8 rings (SSSR count).